The number of rotatable bonds is 3. The predicted octanol–water partition coefficient (Wildman–Crippen LogP) is 4.52. The average molecular weight is 375 g/mol. The van der Waals surface area contributed by atoms with Crippen molar-refractivity contribution < 1.29 is 4.39 Å². The zero-order valence-corrected chi connectivity index (χ0v) is 14.4. The highest BCUT2D eigenvalue weighted by atomic mass is 35.5. The normalized spacial score (nSPS) is 13.1. The van der Waals surface area contributed by atoms with Crippen molar-refractivity contribution in [3.8, 4) is 0 Å². The van der Waals surface area contributed by atoms with Crippen LogP contribution in [0.3, 0.4) is 0 Å². The number of hydrogen-bond donors (Lipinski definition) is 1. The monoisotopic (exact) mass is 373 g/mol. The highest BCUT2D eigenvalue weighted by Crippen LogP contribution is 2.34. The molecule has 0 saturated carbocycles. The Kier molecular flexibility index (Phi) is 6.10. The molecule has 0 aliphatic carbocycles. The van der Waals surface area contributed by atoms with Crippen LogP contribution in [0.25, 0.3) is 0 Å². The summed E-state index contributed by atoms with van der Waals surface area (Å²) < 4.78 is 13.1. The minimum atomic E-state index is -0.262. The number of benzene rings is 2. The Hall–Kier alpha value is -1.49. The summed E-state index contributed by atoms with van der Waals surface area (Å²) in [4.78, 5) is 6.37. The van der Waals surface area contributed by atoms with Gasteiger partial charge in [0, 0.05) is 6.54 Å². The largest absolute Gasteiger partial charge is 0.354 e. The van der Waals surface area contributed by atoms with Crippen LogP contribution in [0.2, 0.25) is 10.0 Å². The van der Waals surface area contributed by atoms with Gasteiger partial charge in [0.15, 0.2) is 5.96 Å². The molecule has 23 heavy (non-hydrogen) atoms. The highest BCUT2D eigenvalue weighted by molar-refractivity contribution is 6.40. The predicted molar refractivity (Wildman–Crippen MR) is 96.6 cm³/mol. The Bertz CT molecular complexity index is 684. The molecule has 0 aromatic heterocycles. The first-order valence-electron chi connectivity index (χ1n) is 6.89. The Morgan fingerprint density at radius 3 is 2.30 bits per heavy atom. The first-order chi connectivity index (χ1) is 10.6. The summed E-state index contributed by atoms with van der Waals surface area (Å²) in [7, 11) is 0. The lowest BCUT2D eigenvalue weighted by atomic mass is 10.2. The minimum absolute atomic E-state index is 0. The Labute approximate surface area is 150 Å². The summed E-state index contributed by atoms with van der Waals surface area (Å²) >= 11 is 12.7. The Morgan fingerprint density at radius 1 is 1.09 bits per heavy atom. The summed E-state index contributed by atoms with van der Waals surface area (Å²) in [5.74, 6) is 0.460. The lowest BCUT2D eigenvalue weighted by molar-refractivity contribution is 0.627. The Morgan fingerprint density at radius 2 is 1.74 bits per heavy atom. The van der Waals surface area contributed by atoms with E-state index in [1.54, 1.807) is 30.3 Å². The third-order valence-corrected chi connectivity index (χ3v) is 3.98. The standard InChI is InChI=1S/C16H14Cl2FN3.ClH/c17-13-2-1-3-14(18)15(13)22(16-20-8-9-21-16)10-11-4-6-12(19)7-5-11;/h1-7H,8-10H2,(H,20,21);1H. The van der Waals surface area contributed by atoms with Gasteiger partial charge >= 0.3 is 0 Å². The fourth-order valence-corrected chi connectivity index (χ4v) is 2.95. The molecule has 0 bridgehead atoms. The van der Waals surface area contributed by atoms with Crippen molar-refractivity contribution in [2.24, 2.45) is 4.99 Å². The molecule has 122 valence electrons. The van der Waals surface area contributed by atoms with E-state index in [4.69, 9.17) is 23.2 Å². The molecule has 2 aromatic rings. The van der Waals surface area contributed by atoms with Crippen LogP contribution in [-0.4, -0.2) is 19.0 Å². The molecule has 3 rings (SSSR count). The van der Waals surface area contributed by atoms with Gasteiger partial charge in [0.05, 0.1) is 28.8 Å². The molecular weight excluding hydrogens is 360 g/mol. The van der Waals surface area contributed by atoms with E-state index in [0.29, 0.717) is 28.8 Å². The van der Waals surface area contributed by atoms with Gasteiger partial charge in [-0.15, -0.1) is 12.4 Å². The summed E-state index contributed by atoms with van der Waals surface area (Å²) in [6, 6.07) is 11.7. The molecule has 0 radical (unpaired) electrons. The Balaban J connectivity index is 0.00000192. The van der Waals surface area contributed by atoms with E-state index < -0.39 is 0 Å². The molecule has 0 spiro atoms. The highest BCUT2D eigenvalue weighted by Gasteiger charge is 2.21. The summed E-state index contributed by atoms with van der Waals surface area (Å²) in [5, 5.41) is 4.32. The molecule has 2 aromatic carbocycles. The topological polar surface area (TPSA) is 27.6 Å². The van der Waals surface area contributed by atoms with Crippen LogP contribution in [0.15, 0.2) is 47.5 Å². The SMILES string of the molecule is Cl.Fc1ccc(CN(C2=NCCN2)c2c(Cl)cccc2Cl)cc1. The van der Waals surface area contributed by atoms with Crippen molar-refractivity contribution >= 4 is 47.3 Å². The quantitative estimate of drug-likeness (QED) is 0.855. The van der Waals surface area contributed by atoms with Gasteiger partial charge in [-0.1, -0.05) is 41.4 Å². The fraction of sp³-hybridized carbons (Fsp3) is 0.188. The fourth-order valence-electron chi connectivity index (χ4n) is 2.35. The van der Waals surface area contributed by atoms with E-state index in [2.05, 4.69) is 10.3 Å². The maximum Gasteiger partial charge on any atom is 0.199 e. The van der Waals surface area contributed by atoms with Crippen molar-refractivity contribution in [1.29, 1.82) is 0 Å². The van der Waals surface area contributed by atoms with E-state index in [0.717, 1.165) is 18.1 Å². The molecule has 1 aliphatic rings. The molecule has 0 fully saturated rings. The van der Waals surface area contributed by atoms with E-state index in [9.17, 15) is 4.39 Å². The number of aliphatic imine (C=N–C) groups is 1. The summed E-state index contributed by atoms with van der Waals surface area (Å²) in [5.41, 5.74) is 1.64. The lowest BCUT2D eigenvalue weighted by Gasteiger charge is -2.26. The first-order valence-corrected chi connectivity index (χ1v) is 7.65. The van der Waals surface area contributed by atoms with Crippen LogP contribution in [0.1, 0.15) is 5.56 Å². The van der Waals surface area contributed by atoms with Gasteiger partial charge in [-0.2, -0.15) is 0 Å². The average Bonchev–Trinajstić information content (AvgIpc) is 3.02. The third-order valence-electron chi connectivity index (χ3n) is 3.37. The lowest BCUT2D eigenvalue weighted by Crippen LogP contribution is -2.38. The van der Waals surface area contributed by atoms with Crippen molar-refractivity contribution in [2.75, 3.05) is 18.0 Å². The smallest absolute Gasteiger partial charge is 0.199 e. The molecule has 1 N–H and O–H groups in total. The molecule has 0 saturated heterocycles. The van der Waals surface area contributed by atoms with E-state index in [1.165, 1.54) is 12.1 Å². The molecule has 0 atom stereocenters. The number of nitrogens with zero attached hydrogens (tertiary/aromatic N) is 2. The molecule has 1 aliphatic heterocycles. The molecule has 1 heterocycles. The van der Waals surface area contributed by atoms with Crippen LogP contribution >= 0.6 is 35.6 Å². The van der Waals surface area contributed by atoms with Gasteiger partial charge < -0.3 is 10.2 Å². The summed E-state index contributed by atoms with van der Waals surface area (Å²) in [6.45, 7) is 1.98. The maximum atomic E-state index is 13.1. The van der Waals surface area contributed by atoms with Crippen molar-refractivity contribution in [1.82, 2.24) is 5.32 Å². The van der Waals surface area contributed by atoms with Gasteiger partial charge in [0.2, 0.25) is 0 Å². The molecule has 3 nitrogen and oxygen atoms in total. The van der Waals surface area contributed by atoms with Crippen LogP contribution < -0.4 is 10.2 Å². The van der Waals surface area contributed by atoms with Crippen molar-refractivity contribution in [2.45, 2.75) is 6.54 Å². The van der Waals surface area contributed by atoms with Gasteiger partial charge in [0.25, 0.3) is 0 Å². The molecular formula is C16H15Cl3FN3. The number of halogens is 4. The van der Waals surface area contributed by atoms with Gasteiger partial charge in [-0.05, 0) is 29.8 Å². The zero-order valence-electron chi connectivity index (χ0n) is 12.1. The van der Waals surface area contributed by atoms with Crippen LogP contribution in [-0.2, 0) is 6.54 Å². The number of para-hydroxylation sites is 1. The molecule has 0 amide bonds. The third kappa shape index (κ3) is 4.08. The second-order valence-electron chi connectivity index (χ2n) is 4.91. The number of hydrogen-bond acceptors (Lipinski definition) is 3. The van der Waals surface area contributed by atoms with E-state index >= 15 is 0 Å². The van der Waals surface area contributed by atoms with Gasteiger partial charge in [0.1, 0.15) is 5.82 Å². The van der Waals surface area contributed by atoms with Crippen molar-refractivity contribution in [3.63, 3.8) is 0 Å². The minimum Gasteiger partial charge on any atom is -0.354 e. The number of guanidine groups is 1. The summed E-state index contributed by atoms with van der Waals surface area (Å²) in [6.07, 6.45) is 0. The van der Waals surface area contributed by atoms with Crippen LogP contribution in [0.5, 0.6) is 0 Å². The van der Waals surface area contributed by atoms with Crippen LogP contribution in [0.4, 0.5) is 10.1 Å². The number of anilines is 1. The van der Waals surface area contributed by atoms with Gasteiger partial charge in [-0.25, -0.2) is 4.39 Å². The second-order valence-corrected chi connectivity index (χ2v) is 5.73. The van der Waals surface area contributed by atoms with E-state index in [1.807, 2.05) is 4.90 Å². The van der Waals surface area contributed by atoms with Crippen LogP contribution in [0, 0.1) is 5.82 Å². The molecule has 0 unspecified atom stereocenters. The van der Waals surface area contributed by atoms with E-state index in [-0.39, 0.29) is 18.2 Å². The second kappa shape index (κ2) is 7.86. The molecule has 7 heteroatoms. The zero-order chi connectivity index (χ0) is 15.5. The van der Waals surface area contributed by atoms with Gasteiger partial charge in [-0.3, -0.25) is 4.99 Å². The maximum absolute atomic E-state index is 13.1. The first kappa shape index (κ1) is 17.9. The number of nitrogens with one attached hydrogen (secondary N) is 1. The van der Waals surface area contributed by atoms with Crippen molar-refractivity contribution in [3.05, 3.63) is 63.9 Å².